The molecule has 0 amide bonds. The molecule has 2 aliphatic heterocycles. The lowest BCUT2D eigenvalue weighted by atomic mass is 9.73. The third-order valence-electron chi connectivity index (χ3n) is 7.53. The fraction of sp³-hybridized carbons (Fsp3) is 0.714. The Morgan fingerprint density at radius 1 is 0.800 bits per heavy atom. The summed E-state index contributed by atoms with van der Waals surface area (Å²) in [4.78, 5) is 32.3. The molecule has 7 heteroatoms. The lowest BCUT2D eigenvalue weighted by molar-refractivity contribution is -0.294. The average molecular weight is 488 g/mol. The number of benzene rings is 1. The molecule has 2 fully saturated rings. The van der Waals surface area contributed by atoms with Gasteiger partial charge in [-0.3, -0.25) is 14.4 Å². The number of carbonyl (C=O) groups is 2. The number of ketones is 1. The van der Waals surface area contributed by atoms with Crippen LogP contribution in [0.2, 0.25) is 0 Å². The largest absolute Gasteiger partial charge is 0.457 e. The second-order valence-corrected chi connectivity index (χ2v) is 12.9. The Balaban J connectivity index is 1.59. The van der Waals surface area contributed by atoms with Crippen molar-refractivity contribution >= 4 is 11.8 Å². The van der Waals surface area contributed by atoms with Gasteiger partial charge in [0.1, 0.15) is 6.61 Å². The van der Waals surface area contributed by atoms with Crippen LogP contribution in [0.1, 0.15) is 86.6 Å². The number of carbonyl (C=O) groups excluding carboxylic acids is 2. The first-order chi connectivity index (χ1) is 16.1. The molecule has 0 aromatic heterocycles. The topological polar surface area (TPSA) is 79.0 Å². The third kappa shape index (κ3) is 6.31. The molecule has 2 aliphatic rings. The Morgan fingerprint density at radius 3 is 1.80 bits per heavy atom. The molecule has 1 aromatic rings. The molecule has 0 spiro atoms. The average Bonchev–Trinajstić information content (AvgIpc) is 2.74. The zero-order valence-corrected chi connectivity index (χ0v) is 22.7. The first kappa shape index (κ1) is 27.8. The van der Waals surface area contributed by atoms with E-state index in [0.29, 0.717) is 32.3 Å². The number of hydrogen-bond acceptors (Lipinski definition) is 6. The summed E-state index contributed by atoms with van der Waals surface area (Å²) in [7, 11) is 0. The van der Waals surface area contributed by atoms with Crippen LogP contribution in [0.5, 0.6) is 0 Å². The molecule has 0 saturated carbocycles. The van der Waals surface area contributed by atoms with Crippen LogP contribution in [-0.4, -0.2) is 50.6 Å². The van der Waals surface area contributed by atoms with E-state index in [4.69, 9.17) is 9.57 Å². The zero-order chi connectivity index (χ0) is 26.2. The van der Waals surface area contributed by atoms with Gasteiger partial charge in [-0.25, -0.2) is 0 Å². The molecular weight excluding hydrogens is 444 g/mol. The van der Waals surface area contributed by atoms with Crippen molar-refractivity contribution in [3.63, 3.8) is 0 Å². The van der Waals surface area contributed by atoms with E-state index in [-0.39, 0.29) is 41.3 Å². The molecule has 195 valence electrons. The number of piperidine rings is 2. The van der Waals surface area contributed by atoms with E-state index >= 15 is 0 Å². The van der Waals surface area contributed by atoms with Crippen molar-refractivity contribution in [3.05, 3.63) is 35.9 Å². The molecule has 0 bridgehead atoms. The second-order valence-electron chi connectivity index (χ2n) is 12.9. The van der Waals surface area contributed by atoms with E-state index in [1.807, 2.05) is 63.1 Å². The zero-order valence-electron chi connectivity index (χ0n) is 22.7. The Hall–Kier alpha value is -1.80. The maximum absolute atomic E-state index is 13.2. The SMILES string of the molecule is CC1(C)CC(C(=O)OCC(=O)C2CC(C)(C)N(OCc3ccccc3)C(C)(C)C2)CC(C)(C)N1[O]. The maximum Gasteiger partial charge on any atom is 0.309 e. The number of ether oxygens (including phenoxy) is 1. The summed E-state index contributed by atoms with van der Waals surface area (Å²) in [5, 5.41) is 15.7. The monoisotopic (exact) mass is 487 g/mol. The molecule has 1 radical (unpaired) electrons. The van der Waals surface area contributed by atoms with Gasteiger partial charge in [-0.2, -0.15) is 5.06 Å². The molecule has 35 heavy (non-hydrogen) atoms. The number of rotatable bonds is 7. The smallest absolute Gasteiger partial charge is 0.309 e. The normalized spacial score (nSPS) is 24.7. The molecule has 2 saturated heterocycles. The highest BCUT2D eigenvalue weighted by atomic mass is 16.7. The molecule has 0 unspecified atom stereocenters. The first-order valence-corrected chi connectivity index (χ1v) is 12.7. The Bertz CT molecular complexity index is 873. The predicted octanol–water partition coefficient (Wildman–Crippen LogP) is 5.11. The van der Waals surface area contributed by atoms with Crippen LogP contribution < -0.4 is 0 Å². The van der Waals surface area contributed by atoms with Crippen molar-refractivity contribution in [2.45, 2.75) is 110 Å². The van der Waals surface area contributed by atoms with Crippen LogP contribution in [0, 0.1) is 11.8 Å². The highest BCUT2D eigenvalue weighted by Crippen LogP contribution is 2.43. The Morgan fingerprint density at radius 2 is 1.29 bits per heavy atom. The van der Waals surface area contributed by atoms with Crippen LogP contribution in [0.15, 0.2) is 30.3 Å². The second kappa shape index (κ2) is 9.92. The lowest BCUT2D eigenvalue weighted by Gasteiger charge is -2.53. The van der Waals surface area contributed by atoms with Crippen molar-refractivity contribution in [2.75, 3.05) is 6.61 Å². The molecule has 2 heterocycles. The van der Waals surface area contributed by atoms with Crippen LogP contribution in [0.25, 0.3) is 0 Å². The number of esters is 1. The van der Waals surface area contributed by atoms with E-state index in [9.17, 15) is 14.8 Å². The van der Waals surface area contributed by atoms with Gasteiger partial charge in [-0.15, -0.1) is 10.3 Å². The van der Waals surface area contributed by atoms with Gasteiger partial charge in [0.25, 0.3) is 0 Å². The van der Waals surface area contributed by atoms with Crippen molar-refractivity contribution in [2.24, 2.45) is 11.8 Å². The summed E-state index contributed by atoms with van der Waals surface area (Å²) in [6.07, 6.45) is 2.08. The Kier molecular flexibility index (Phi) is 7.88. The number of hydrogen-bond donors (Lipinski definition) is 0. The Labute approximate surface area is 210 Å². The molecular formula is C28H43N2O5. The highest BCUT2D eigenvalue weighted by Gasteiger charge is 2.50. The number of nitrogens with zero attached hydrogens (tertiary/aromatic N) is 2. The quantitative estimate of drug-likeness (QED) is 0.497. The van der Waals surface area contributed by atoms with Gasteiger partial charge in [0.05, 0.1) is 12.5 Å². The fourth-order valence-corrected chi connectivity index (χ4v) is 6.36. The van der Waals surface area contributed by atoms with Gasteiger partial charge in [-0.05, 0) is 86.6 Å². The minimum absolute atomic E-state index is 0.0537. The molecule has 0 N–H and O–H groups in total. The molecule has 0 aliphatic carbocycles. The summed E-state index contributed by atoms with van der Waals surface area (Å²) >= 11 is 0. The highest BCUT2D eigenvalue weighted by molar-refractivity contribution is 5.85. The predicted molar refractivity (Wildman–Crippen MR) is 133 cm³/mol. The van der Waals surface area contributed by atoms with Crippen molar-refractivity contribution in [1.82, 2.24) is 10.1 Å². The van der Waals surface area contributed by atoms with Gasteiger partial charge in [0, 0.05) is 28.1 Å². The van der Waals surface area contributed by atoms with Crippen LogP contribution in [0.4, 0.5) is 0 Å². The number of Topliss-reactive ketones (excluding diaryl/α,β-unsaturated/α-hetero) is 1. The van der Waals surface area contributed by atoms with E-state index in [1.165, 1.54) is 0 Å². The molecule has 3 rings (SSSR count). The summed E-state index contributed by atoms with van der Waals surface area (Å²) in [5.41, 5.74) is -0.948. The minimum atomic E-state index is -0.657. The van der Waals surface area contributed by atoms with Gasteiger partial charge in [0.15, 0.2) is 5.78 Å². The molecule has 7 nitrogen and oxygen atoms in total. The van der Waals surface area contributed by atoms with Gasteiger partial charge >= 0.3 is 5.97 Å². The number of hydroxylamine groups is 4. The van der Waals surface area contributed by atoms with Crippen molar-refractivity contribution < 1.29 is 24.4 Å². The van der Waals surface area contributed by atoms with E-state index < -0.39 is 11.1 Å². The van der Waals surface area contributed by atoms with Gasteiger partial charge in [0.2, 0.25) is 0 Å². The minimum Gasteiger partial charge on any atom is -0.457 e. The first-order valence-electron chi connectivity index (χ1n) is 12.7. The van der Waals surface area contributed by atoms with Crippen LogP contribution >= 0.6 is 0 Å². The summed E-state index contributed by atoms with van der Waals surface area (Å²) < 4.78 is 5.53. The molecule has 0 atom stereocenters. The van der Waals surface area contributed by atoms with E-state index in [0.717, 1.165) is 10.6 Å². The fourth-order valence-electron chi connectivity index (χ4n) is 6.36. The van der Waals surface area contributed by atoms with E-state index in [2.05, 4.69) is 27.7 Å². The maximum atomic E-state index is 13.2. The van der Waals surface area contributed by atoms with Crippen molar-refractivity contribution in [1.29, 1.82) is 0 Å². The third-order valence-corrected chi connectivity index (χ3v) is 7.53. The van der Waals surface area contributed by atoms with Crippen LogP contribution in [-0.2, 0) is 31.0 Å². The lowest BCUT2D eigenvalue weighted by Crippen LogP contribution is -2.61. The summed E-state index contributed by atoms with van der Waals surface area (Å²) in [5.74, 6) is -1.04. The van der Waals surface area contributed by atoms with Gasteiger partial charge in [-0.1, -0.05) is 30.3 Å². The summed E-state index contributed by atoms with van der Waals surface area (Å²) in [6.45, 7) is 16.0. The van der Waals surface area contributed by atoms with Crippen LogP contribution in [0.3, 0.4) is 0 Å². The van der Waals surface area contributed by atoms with E-state index in [1.54, 1.807) is 0 Å². The van der Waals surface area contributed by atoms with Gasteiger partial charge < -0.3 is 4.74 Å². The summed E-state index contributed by atoms with van der Waals surface area (Å²) in [6, 6.07) is 10.0. The van der Waals surface area contributed by atoms with Crippen molar-refractivity contribution in [3.8, 4) is 0 Å². The standard InChI is InChI=1S/C28H43N2O5/c1-25(2)16-22(17-26(3,4)29(25)33)24(32)34-19-23(31)21-14-27(5,6)30(28(7,8)15-21)35-18-20-12-10-9-11-13-20/h9-13,21-22H,14-19H2,1-8H3. The molecule has 1 aromatic carbocycles.